The smallest absolute Gasteiger partial charge is 0.273 e. The monoisotopic (exact) mass is 281 g/mol. The minimum Gasteiger partial charge on any atom is -0.446 e. The Morgan fingerprint density at radius 2 is 2.10 bits per heavy atom. The second-order valence-corrected chi connectivity index (χ2v) is 4.24. The summed E-state index contributed by atoms with van der Waals surface area (Å²) in [4.78, 5) is 15.6. The standard InChI is InChI=1S/C13H13F2N3O2/c1-7(16)13-18-11(6-20-13)12(19)17-5-8-9(14)3-2-4-10(8)15/h2-4,6-7H,5,16H2,1H3,(H,17,19). The number of oxazole rings is 1. The maximum absolute atomic E-state index is 13.4. The first-order valence-corrected chi connectivity index (χ1v) is 5.91. The van der Waals surface area contributed by atoms with E-state index in [-0.39, 0.29) is 23.7 Å². The normalized spacial score (nSPS) is 12.2. The lowest BCUT2D eigenvalue weighted by atomic mass is 10.2. The average molecular weight is 281 g/mol. The zero-order chi connectivity index (χ0) is 14.7. The highest BCUT2D eigenvalue weighted by Crippen LogP contribution is 2.12. The van der Waals surface area contributed by atoms with Crippen LogP contribution in [0, 0.1) is 11.6 Å². The van der Waals surface area contributed by atoms with E-state index in [0.29, 0.717) is 0 Å². The van der Waals surface area contributed by atoms with Gasteiger partial charge in [0, 0.05) is 12.1 Å². The van der Waals surface area contributed by atoms with Crippen molar-refractivity contribution in [1.29, 1.82) is 0 Å². The molecule has 2 rings (SSSR count). The summed E-state index contributed by atoms with van der Waals surface area (Å²) < 4.78 is 31.7. The third-order valence-electron chi connectivity index (χ3n) is 2.63. The Bertz CT molecular complexity index is 606. The van der Waals surface area contributed by atoms with Crippen molar-refractivity contribution in [2.24, 2.45) is 5.73 Å². The highest BCUT2D eigenvalue weighted by atomic mass is 19.1. The van der Waals surface area contributed by atoms with Gasteiger partial charge in [0.05, 0.1) is 6.04 Å². The molecule has 5 nitrogen and oxygen atoms in total. The average Bonchev–Trinajstić information content (AvgIpc) is 2.87. The van der Waals surface area contributed by atoms with Gasteiger partial charge in [0.25, 0.3) is 5.91 Å². The van der Waals surface area contributed by atoms with Crippen molar-refractivity contribution in [3.63, 3.8) is 0 Å². The number of nitrogens with two attached hydrogens (primary N) is 1. The van der Waals surface area contributed by atoms with Gasteiger partial charge in [-0.2, -0.15) is 0 Å². The predicted molar refractivity (Wildman–Crippen MR) is 66.6 cm³/mol. The van der Waals surface area contributed by atoms with Gasteiger partial charge in [-0.15, -0.1) is 0 Å². The molecule has 0 radical (unpaired) electrons. The quantitative estimate of drug-likeness (QED) is 0.896. The van der Waals surface area contributed by atoms with Gasteiger partial charge in [-0.1, -0.05) is 6.07 Å². The molecule has 3 N–H and O–H groups in total. The highest BCUT2D eigenvalue weighted by Gasteiger charge is 2.15. The van der Waals surface area contributed by atoms with Gasteiger partial charge in [0.1, 0.15) is 17.9 Å². The maximum Gasteiger partial charge on any atom is 0.273 e. The Hall–Kier alpha value is -2.28. The lowest BCUT2D eigenvalue weighted by Crippen LogP contribution is -2.24. The van der Waals surface area contributed by atoms with Crippen molar-refractivity contribution in [3.05, 3.63) is 53.2 Å². The molecule has 1 aromatic heterocycles. The fourth-order valence-corrected chi connectivity index (χ4v) is 1.56. The van der Waals surface area contributed by atoms with Crippen LogP contribution in [-0.4, -0.2) is 10.9 Å². The number of carbonyl (C=O) groups excluding carboxylic acids is 1. The molecule has 7 heteroatoms. The molecular weight excluding hydrogens is 268 g/mol. The molecule has 1 unspecified atom stereocenters. The van der Waals surface area contributed by atoms with Gasteiger partial charge in [0.15, 0.2) is 5.69 Å². The first-order chi connectivity index (χ1) is 9.49. The van der Waals surface area contributed by atoms with Gasteiger partial charge in [0.2, 0.25) is 5.89 Å². The van der Waals surface area contributed by atoms with Crippen LogP contribution in [0.3, 0.4) is 0 Å². The number of benzene rings is 1. The van der Waals surface area contributed by atoms with E-state index in [4.69, 9.17) is 10.2 Å². The summed E-state index contributed by atoms with van der Waals surface area (Å²) in [5, 5.41) is 2.37. The van der Waals surface area contributed by atoms with Gasteiger partial charge in [-0.25, -0.2) is 13.8 Å². The van der Waals surface area contributed by atoms with Crippen molar-refractivity contribution in [2.45, 2.75) is 19.5 Å². The minimum absolute atomic E-state index is 0.00838. The summed E-state index contributed by atoms with van der Waals surface area (Å²) in [6.07, 6.45) is 1.14. The van der Waals surface area contributed by atoms with E-state index in [1.807, 2.05) is 0 Å². The molecule has 1 amide bonds. The second kappa shape index (κ2) is 5.79. The Morgan fingerprint density at radius 3 is 2.65 bits per heavy atom. The third kappa shape index (κ3) is 3.00. The molecule has 1 aromatic carbocycles. The highest BCUT2D eigenvalue weighted by molar-refractivity contribution is 5.91. The minimum atomic E-state index is -0.721. The van der Waals surface area contributed by atoms with Crippen LogP contribution in [0.4, 0.5) is 8.78 Å². The Kier molecular flexibility index (Phi) is 4.09. The van der Waals surface area contributed by atoms with Gasteiger partial charge >= 0.3 is 0 Å². The molecule has 0 fully saturated rings. The van der Waals surface area contributed by atoms with Crippen LogP contribution in [0.5, 0.6) is 0 Å². The van der Waals surface area contributed by atoms with Crippen molar-refractivity contribution in [1.82, 2.24) is 10.3 Å². The molecule has 1 atom stereocenters. The van der Waals surface area contributed by atoms with E-state index in [1.54, 1.807) is 6.92 Å². The molecule has 0 aliphatic heterocycles. The maximum atomic E-state index is 13.4. The van der Waals surface area contributed by atoms with E-state index in [9.17, 15) is 13.6 Å². The van der Waals surface area contributed by atoms with Crippen molar-refractivity contribution in [2.75, 3.05) is 0 Å². The summed E-state index contributed by atoms with van der Waals surface area (Å²) >= 11 is 0. The molecule has 0 saturated heterocycles. The zero-order valence-electron chi connectivity index (χ0n) is 10.7. The second-order valence-electron chi connectivity index (χ2n) is 4.24. The predicted octanol–water partition coefficient (Wildman–Crippen LogP) is 1.90. The van der Waals surface area contributed by atoms with Crippen LogP contribution >= 0.6 is 0 Å². The van der Waals surface area contributed by atoms with Crippen molar-refractivity contribution >= 4 is 5.91 Å². The largest absolute Gasteiger partial charge is 0.446 e. The zero-order valence-corrected chi connectivity index (χ0v) is 10.7. The Morgan fingerprint density at radius 1 is 1.45 bits per heavy atom. The van der Waals surface area contributed by atoms with E-state index >= 15 is 0 Å². The van der Waals surface area contributed by atoms with E-state index in [0.717, 1.165) is 18.4 Å². The number of hydrogen-bond donors (Lipinski definition) is 2. The van der Waals surface area contributed by atoms with E-state index < -0.39 is 23.6 Å². The van der Waals surface area contributed by atoms with Crippen LogP contribution in [0.25, 0.3) is 0 Å². The molecule has 0 aliphatic rings. The molecule has 2 aromatic rings. The number of halogens is 2. The molecule has 20 heavy (non-hydrogen) atoms. The van der Waals surface area contributed by atoms with Crippen LogP contribution in [0.15, 0.2) is 28.9 Å². The summed E-state index contributed by atoms with van der Waals surface area (Å²) in [6, 6.07) is 3.05. The van der Waals surface area contributed by atoms with Crippen LogP contribution in [-0.2, 0) is 6.54 Å². The molecule has 0 saturated carbocycles. The SMILES string of the molecule is CC(N)c1nc(C(=O)NCc2c(F)cccc2F)co1. The molecular formula is C13H13F2N3O2. The molecule has 0 aliphatic carbocycles. The van der Waals surface area contributed by atoms with E-state index in [2.05, 4.69) is 10.3 Å². The molecule has 1 heterocycles. The Balaban J connectivity index is 2.05. The number of rotatable bonds is 4. The number of carbonyl (C=O) groups is 1. The number of aromatic nitrogens is 1. The molecule has 106 valence electrons. The van der Waals surface area contributed by atoms with Crippen LogP contribution in [0.1, 0.15) is 34.9 Å². The van der Waals surface area contributed by atoms with Crippen LogP contribution in [0.2, 0.25) is 0 Å². The first kappa shape index (κ1) is 14.1. The summed E-state index contributed by atoms with van der Waals surface area (Å²) in [5.41, 5.74) is 5.34. The summed E-state index contributed by atoms with van der Waals surface area (Å²) in [7, 11) is 0. The van der Waals surface area contributed by atoms with Gasteiger partial charge in [-0.3, -0.25) is 4.79 Å². The lowest BCUT2D eigenvalue weighted by molar-refractivity contribution is 0.0945. The summed E-state index contributed by atoms with van der Waals surface area (Å²) in [6.45, 7) is 1.37. The number of nitrogens with one attached hydrogen (secondary N) is 1. The number of hydrogen-bond acceptors (Lipinski definition) is 4. The molecule has 0 spiro atoms. The van der Waals surface area contributed by atoms with Crippen molar-refractivity contribution in [3.8, 4) is 0 Å². The van der Waals surface area contributed by atoms with Crippen molar-refractivity contribution < 1.29 is 18.0 Å². The summed E-state index contributed by atoms with van der Waals surface area (Å²) in [5.74, 6) is -1.82. The lowest BCUT2D eigenvalue weighted by Gasteiger charge is -2.05. The van der Waals surface area contributed by atoms with Gasteiger partial charge < -0.3 is 15.5 Å². The fraction of sp³-hybridized carbons (Fsp3) is 0.231. The fourth-order valence-electron chi connectivity index (χ4n) is 1.56. The van der Waals surface area contributed by atoms with E-state index in [1.165, 1.54) is 6.07 Å². The molecule has 0 bridgehead atoms. The number of amides is 1. The van der Waals surface area contributed by atoms with Gasteiger partial charge in [-0.05, 0) is 19.1 Å². The Labute approximate surface area is 113 Å². The number of nitrogens with zero attached hydrogens (tertiary/aromatic N) is 1. The third-order valence-corrected chi connectivity index (χ3v) is 2.63. The van der Waals surface area contributed by atoms with Crippen LogP contribution < -0.4 is 11.1 Å². The topological polar surface area (TPSA) is 81.1 Å². The first-order valence-electron chi connectivity index (χ1n) is 5.91.